The number of hydrogen-bond donors (Lipinski definition) is 2. The molecule has 0 spiro atoms. The molecule has 0 saturated heterocycles. The topological polar surface area (TPSA) is 58.2 Å². The minimum Gasteiger partial charge on any atom is -0.314 e. The lowest BCUT2D eigenvalue weighted by molar-refractivity contribution is 0.511. The number of rotatable bonds is 8. The largest absolute Gasteiger partial charge is 0.314 e. The van der Waals surface area contributed by atoms with Crippen molar-refractivity contribution in [3.63, 3.8) is 0 Å². The minimum absolute atomic E-state index is 0.102. The maximum Gasteiger partial charge on any atom is 0.232 e. The fourth-order valence-corrected chi connectivity index (χ4v) is 2.99. The first kappa shape index (κ1) is 15.2. The van der Waals surface area contributed by atoms with Gasteiger partial charge in [0.05, 0.1) is 11.4 Å². The summed E-state index contributed by atoms with van der Waals surface area (Å²) in [6, 6.07) is 4.00. The molecule has 4 nitrogen and oxygen atoms in total. The Morgan fingerprint density at radius 2 is 1.95 bits per heavy atom. The fraction of sp³-hybridized carbons (Fsp3) is 0.538. The van der Waals surface area contributed by atoms with Crippen molar-refractivity contribution in [1.82, 2.24) is 5.32 Å². The summed E-state index contributed by atoms with van der Waals surface area (Å²) in [6.45, 7) is 0.786. The highest BCUT2D eigenvalue weighted by molar-refractivity contribution is 7.92. The number of nitrogens with one attached hydrogen (secondary N) is 2. The first-order valence-corrected chi connectivity index (χ1v) is 8.31. The van der Waals surface area contributed by atoms with Gasteiger partial charge < -0.3 is 5.32 Å². The number of sulfonamides is 1. The molecule has 0 aliphatic heterocycles. The second-order valence-electron chi connectivity index (χ2n) is 4.96. The van der Waals surface area contributed by atoms with Crippen LogP contribution in [0.3, 0.4) is 0 Å². The van der Waals surface area contributed by atoms with Crippen LogP contribution in [0.1, 0.15) is 25.7 Å². The number of anilines is 1. The molecular formula is C13H18F2N2O2S. The van der Waals surface area contributed by atoms with E-state index in [0.717, 1.165) is 19.0 Å². The van der Waals surface area contributed by atoms with Gasteiger partial charge in [-0.1, -0.05) is 6.07 Å². The highest BCUT2D eigenvalue weighted by Crippen LogP contribution is 2.19. The van der Waals surface area contributed by atoms with Crippen LogP contribution in [0.25, 0.3) is 0 Å². The summed E-state index contributed by atoms with van der Waals surface area (Å²) in [5.74, 6) is -2.35. The summed E-state index contributed by atoms with van der Waals surface area (Å²) in [4.78, 5) is 0. The van der Waals surface area contributed by atoms with Gasteiger partial charge in [-0.25, -0.2) is 17.2 Å². The normalized spacial score (nSPS) is 15.3. The number of unbranched alkanes of at least 4 members (excludes halogenated alkanes) is 1. The quantitative estimate of drug-likeness (QED) is 0.724. The van der Waals surface area contributed by atoms with E-state index < -0.39 is 21.7 Å². The van der Waals surface area contributed by atoms with Crippen LogP contribution in [0.15, 0.2) is 18.2 Å². The van der Waals surface area contributed by atoms with Crippen molar-refractivity contribution in [3.8, 4) is 0 Å². The number of benzene rings is 1. The molecule has 2 rings (SSSR count). The minimum atomic E-state index is -3.64. The van der Waals surface area contributed by atoms with Crippen molar-refractivity contribution in [2.45, 2.75) is 31.7 Å². The van der Waals surface area contributed by atoms with Crippen molar-refractivity contribution in [3.05, 3.63) is 29.8 Å². The van der Waals surface area contributed by atoms with E-state index in [1.165, 1.54) is 25.0 Å². The van der Waals surface area contributed by atoms with Crippen LogP contribution in [-0.4, -0.2) is 26.8 Å². The van der Waals surface area contributed by atoms with Gasteiger partial charge in [-0.3, -0.25) is 4.72 Å². The van der Waals surface area contributed by atoms with Crippen LogP contribution in [0.2, 0.25) is 0 Å². The molecule has 20 heavy (non-hydrogen) atoms. The molecule has 1 aliphatic carbocycles. The van der Waals surface area contributed by atoms with Gasteiger partial charge in [0.1, 0.15) is 0 Å². The third-order valence-corrected chi connectivity index (χ3v) is 4.42. The Labute approximate surface area is 117 Å². The molecule has 7 heteroatoms. The molecule has 0 unspecified atom stereocenters. The van der Waals surface area contributed by atoms with Gasteiger partial charge in [-0.05, 0) is 44.4 Å². The van der Waals surface area contributed by atoms with Gasteiger partial charge in [0.15, 0.2) is 11.6 Å². The Kier molecular flexibility index (Phi) is 4.93. The van der Waals surface area contributed by atoms with Crippen LogP contribution in [-0.2, 0) is 10.0 Å². The predicted molar refractivity (Wildman–Crippen MR) is 74.0 cm³/mol. The lowest BCUT2D eigenvalue weighted by Crippen LogP contribution is -2.21. The molecule has 1 aromatic carbocycles. The fourth-order valence-electron chi connectivity index (χ4n) is 1.81. The van der Waals surface area contributed by atoms with Gasteiger partial charge in [-0.2, -0.15) is 0 Å². The molecule has 1 saturated carbocycles. The zero-order valence-corrected chi connectivity index (χ0v) is 11.8. The predicted octanol–water partition coefficient (Wildman–Crippen LogP) is 2.24. The summed E-state index contributed by atoms with van der Waals surface area (Å²) in [6.07, 6.45) is 3.60. The molecule has 0 aromatic heterocycles. The maximum atomic E-state index is 13.4. The molecule has 1 fully saturated rings. The lowest BCUT2D eigenvalue weighted by atomic mass is 10.3. The molecular weight excluding hydrogens is 286 g/mol. The first-order valence-electron chi connectivity index (χ1n) is 6.66. The Morgan fingerprint density at radius 3 is 2.65 bits per heavy atom. The van der Waals surface area contributed by atoms with E-state index in [1.807, 2.05) is 0 Å². The smallest absolute Gasteiger partial charge is 0.232 e. The van der Waals surface area contributed by atoms with Crippen molar-refractivity contribution in [2.24, 2.45) is 0 Å². The van der Waals surface area contributed by atoms with Gasteiger partial charge in [0.25, 0.3) is 0 Å². The Balaban J connectivity index is 1.78. The van der Waals surface area contributed by atoms with Crippen molar-refractivity contribution >= 4 is 15.7 Å². The van der Waals surface area contributed by atoms with Crippen LogP contribution in [0.4, 0.5) is 14.5 Å². The molecule has 1 aromatic rings. The Bertz CT molecular complexity index is 559. The molecule has 0 radical (unpaired) electrons. The molecule has 2 N–H and O–H groups in total. The highest BCUT2D eigenvalue weighted by Gasteiger charge is 2.20. The van der Waals surface area contributed by atoms with Gasteiger partial charge in [0.2, 0.25) is 10.0 Å². The summed E-state index contributed by atoms with van der Waals surface area (Å²) >= 11 is 0. The Hall–Kier alpha value is -1.21. The molecule has 0 heterocycles. The third kappa shape index (κ3) is 4.72. The number of halogens is 2. The van der Waals surface area contributed by atoms with Crippen LogP contribution >= 0.6 is 0 Å². The standard InChI is InChI=1S/C13H18F2N2O2S/c14-11-4-3-5-12(13(11)15)17-20(18,19)9-2-1-8-16-10-6-7-10/h3-5,10,16-17H,1-2,6-9H2. The third-order valence-electron chi connectivity index (χ3n) is 3.07. The van der Waals surface area contributed by atoms with Gasteiger partial charge >= 0.3 is 0 Å². The number of hydrogen-bond acceptors (Lipinski definition) is 3. The van der Waals surface area contributed by atoms with Gasteiger partial charge in [-0.15, -0.1) is 0 Å². The second kappa shape index (κ2) is 6.49. The highest BCUT2D eigenvalue weighted by atomic mass is 32.2. The summed E-state index contributed by atoms with van der Waals surface area (Å²) in [7, 11) is -3.64. The van der Waals surface area contributed by atoms with E-state index in [2.05, 4.69) is 10.0 Å². The maximum absolute atomic E-state index is 13.4. The van der Waals surface area contributed by atoms with E-state index >= 15 is 0 Å². The zero-order chi connectivity index (χ0) is 14.6. The Morgan fingerprint density at radius 1 is 1.20 bits per heavy atom. The van der Waals surface area contributed by atoms with Crippen LogP contribution in [0, 0.1) is 11.6 Å². The second-order valence-corrected chi connectivity index (χ2v) is 6.80. The first-order chi connectivity index (χ1) is 9.48. The van der Waals surface area contributed by atoms with Crippen molar-refractivity contribution in [1.29, 1.82) is 0 Å². The summed E-state index contributed by atoms with van der Waals surface area (Å²) in [5, 5.41) is 3.28. The molecule has 1 aliphatic rings. The molecule has 0 amide bonds. The van der Waals surface area contributed by atoms with E-state index in [-0.39, 0.29) is 11.4 Å². The summed E-state index contributed by atoms with van der Waals surface area (Å²) < 4.78 is 51.9. The van der Waals surface area contributed by atoms with Crippen molar-refractivity contribution < 1.29 is 17.2 Å². The zero-order valence-electron chi connectivity index (χ0n) is 11.0. The van der Waals surface area contributed by atoms with Crippen LogP contribution < -0.4 is 10.0 Å². The molecule has 0 atom stereocenters. The van der Waals surface area contributed by atoms with Gasteiger partial charge in [0, 0.05) is 6.04 Å². The summed E-state index contributed by atoms with van der Waals surface area (Å²) in [5.41, 5.74) is -0.346. The van der Waals surface area contributed by atoms with Crippen LogP contribution in [0.5, 0.6) is 0 Å². The van der Waals surface area contributed by atoms with Crippen molar-refractivity contribution in [2.75, 3.05) is 17.0 Å². The molecule has 0 bridgehead atoms. The SMILES string of the molecule is O=S(=O)(CCCCNC1CC1)Nc1cccc(F)c1F. The monoisotopic (exact) mass is 304 g/mol. The average Bonchev–Trinajstić information content (AvgIpc) is 3.18. The molecule has 112 valence electrons. The van der Waals surface area contributed by atoms with E-state index in [0.29, 0.717) is 12.5 Å². The van der Waals surface area contributed by atoms with E-state index in [1.54, 1.807) is 0 Å². The van der Waals surface area contributed by atoms with E-state index in [9.17, 15) is 17.2 Å². The van der Waals surface area contributed by atoms with E-state index in [4.69, 9.17) is 0 Å². The lowest BCUT2D eigenvalue weighted by Gasteiger charge is -2.09. The average molecular weight is 304 g/mol.